The van der Waals surface area contributed by atoms with Crippen LogP contribution >= 0.6 is 11.3 Å². The number of hydrogen-bond donors (Lipinski definition) is 1. The molecule has 110 valence electrons. The first-order valence-corrected chi connectivity index (χ1v) is 7.14. The maximum absolute atomic E-state index is 11.6. The average Bonchev–Trinajstić information content (AvgIpc) is 2.91. The van der Waals surface area contributed by atoms with Crippen molar-refractivity contribution in [1.82, 2.24) is 5.43 Å². The molecule has 1 aromatic carbocycles. The molecule has 0 aliphatic carbocycles. The summed E-state index contributed by atoms with van der Waals surface area (Å²) in [6, 6.07) is 11.0. The minimum atomic E-state index is -0.310. The van der Waals surface area contributed by atoms with Crippen molar-refractivity contribution in [3.05, 3.63) is 46.2 Å². The van der Waals surface area contributed by atoms with E-state index >= 15 is 0 Å². The Kier molecular flexibility index (Phi) is 5.34. The van der Waals surface area contributed by atoms with Crippen LogP contribution in [0.15, 0.2) is 41.5 Å². The Morgan fingerprint density at radius 1 is 1.24 bits per heavy atom. The van der Waals surface area contributed by atoms with Crippen molar-refractivity contribution in [2.75, 3.05) is 13.7 Å². The van der Waals surface area contributed by atoms with Gasteiger partial charge in [-0.2, -0.15) is 5.10 Å². The lowest BCUT2D eigenvalue weighted by Gasteiger charge is -2.05. The van der Waals surface area contributed by atoms with Gasteiger partial charge in [-0.15, -0.1) is 11.3 Å². The molecule has 0 fully saturated rings. The molecule has 0 atom stereocenters. The topological polar surface area (TPSA) is 59.9 Å². The zero-order valence-electron chi connectivity index (χ0n) is 11.8. The third-order valence-corrected chi connectivity index (χ3v) is 3.51. The smallest absolute Gasteiger partial charge is 0.277 e. The molecule has 0 spiro atoms. The lowest BCUT2D eigenvalue weighted by Crippen LogP contribution is -2.24. The summed E-state index contributed by atoms with van der Waals surface area (Å²) in [7, 11) is 1.59. The lowest BCUT2D eigenvalue weighted by atomic mass is 10.3. The van der Waals surface area contributed by atoms with Gasteiger partial charge in [-0.3, -0.25) is 4.79 Å². The van der Waals surface area contributed by atoms with Crippen molar-refractivity contribution in [3.63, 3.8) is 0 Å². The van der Waals surface area contributed by atoms with E-state index in [2.05, 4.69) is 10.5 Å². The molecule has 1 aromatic heterocycles. The van der Waals surface area contributed by atoms with Gasteiger partial charge in [0, 0.05) is 9.75 Å². The number of methoxy groups -OCH3 is 1. The fraction of sp³-hybridized carbons (Fsp3) is 0.200. The number of carbonyl (C=O) groups is 1. The van der Waals surface area contributed by atoms with E-state index in [9.17, 15) is 4.79 Å². The van der Waals surface area contributed by atoms with Gasteiger partial charge in [-0.25, -0.2) is 5.43 Å². The SMILES string of the molecule is COc1ccc(OCC(=O)N/N=C/c2ccc(C)s2)cc1. The number of hydrogen-bond acceptors (Lipinski definition) is 5. The Hall–Kier alpha value is -2.34. The van der Waals surface area contributed by atoms with Gasteiger partial charge in [-0.1, -0.05) is 0 Å². The summed E-state index contributed by atoms with van der Waals surface area (Å²) in [5.74, 6) is 1.03. The third kappa shape index (κ3) is 4.92. The maximum Gasteiger partial charge on any atom is 0.277 e. The van der Waals surface area contributed by atoms with Crippen molar-refractivity contribution in [1.29, 1.82) is 0 Å². The van der Waals surface area contributed by atoms with E-state index in [4.69, 9.17) is 9.47 Å². The van der Waals surface area contributed by atoms with Crippen LogP contribution in [-0.4, -0.2) is 25.8 Å². The van der Waals surface area contributed by atoms with Crippen molar-refractivity contribution < 1.29 is 14.3 Å². The van der Waals surface area contributed by atoms with Gasteiger partial charge in [0.15, 0.2) is 6.61 Å². The van der Waals surface area contributed by atoms with E-state index in [0.29, 0.717) is 5.75 Å². The fourth-order valence-electron chi connectivity index (χ4n) is 1.54. The van der Waals surface area contributed by atoms with Gasteiger partial charge in [0.1, 0.15) is 11.5 Å². The number of hydrazone groups is 1. The van der Waals surface area contributed by atoms with Gasteiger partial charge < -0.3 is 9.47 Å². The number of thiophene rings is 1. The van der Waals surface area contributed by atoms with Gasteiger partial charge in [0.2, 0.25) is 0 Å². The molecule has 6 heteroatoms. The molecule has 0 aliphatic rings. The van der Waals surface area contributed by atoms with Crippen LogP contribution < -0.4 is 14.9 Å². The zero-order valence-corrected chi connectivity index (χ0v) is 12.6. The van der Waals surface area contributed by atoms with Crippen LogP contribution in [0.5, 0.6) is 11.5 Å². The molecule has 1 N–H and O–H groups in total. The first-order chi connectivity index (χ1) is 10.2. The van der Waals surface area contributed by atoms with Gasteiger partial charge in [-0.05, 0) is 43.3 Å². The monoisotopic (exact) mass is 304 g/mol. The number of rotatable bonds is 6. The number of nitrogens with one attached hydrogen (secondary N) is 1. The first kappa shape index (κ1) is 15.1. The van der Waals surface area contributed by atoms with E-state index in [1.165, 1.54) is 4.88 Å². The second-order valence-electron chi connectivity index (χ2n) is 4.21. The third-order valence-electron chi connectivity index (χ3n) is 2.57. The van der Waals surface area contributed by atoms with E-state index in [-0.39, 0.29) is 12.5 Å². The van der Waals surface area contributed by atoms with Crippen LogP contribution in [0.3, 0.4) is 0 Å². The molecule has 0 radical (unpaired) electrons. The molecule has 1 amide bonds. The van der Waals surface area contributed by atoms with E-state index in [1.54, 1.807) is 48.9 Å². The van der Waals surface area contributed by atoms with E-state index in [0.717, 1.165) is 10.6 Å². The van der Waals surface area contributed by atoms with Crippen molar-refractivity contribution in [3.8, 4) is 11.5 Å². The highest BCUT2D eigenvalue weighted by Crippen LogP contribution is 2.16. The Balaban J connectivity index is 1.75. The van der Waals surface area contributed by atoms with Crippen LogP contribution in [0.2, 0.25) is 0 Å². The van der Waals surface area contributed by atoms with Crippen LogP contribution in [0.1, 0.15) is 9.75 Å². The Morgan fingerprint density at radius 2 is 1.95 bits per heavy atom. The van der Waals surface area contributed by atoms with E-state index in [1.807, 2.05) is 19.1 Å². The molecule has 0 saturated carbocycles. The molecule has 0 unspecified atom stereocenters. The Labute approximate surface area is 127 Å². The predicted molar refractivity (Wildman–Crippen MR) is 83.3 cm³/mol. The van der Waals surface area contributed by atoms with Crippen molar-refractivity contribution in [2.45, 2.75) is 6.92 Å². The second kappa shape index (κ2) is 7.44. The highest BCUT2D eigenvalue weighted by atomic mass is 32.1. The Bertz CT molecular complexity index is 620. The van der Waals surface area contributed by atoms with Crippen LogP contribution in [0.4, 0.5) is 0 Å². The Morgan fingerprint density at radius 3 is 2.57 bits per heavy atom. The highest BCUT2D eigenvalue weighted by Gasteiger charge is 2.01. The maximum atomic E-state index is 11.6. The summed E-state index contributed by atoms with van der Waals surface area (Å²) in [6.07, 6.45) is 1.61. The zero-order chi connectivity index (χ0) is 15.1. The minimum absolute atomic E-state index is 0.0901. The van der Waals surface area contributed by atoms with Crippen molar-refractivity contribution in [2.24, 2.45) is 5.10 Å². The summed E-state index contributed by atoms with van der Waals surface area (Å²) in [5.41, 5.74) is 2.42. The summed E-state index contributed by atoms with van der Waals surface area (Å²) >= 11 is 1.61. The molecule has 0 aliphatic heterocycles. The molecular weight excluding hydrogens is 288 g/mol. The van der Waals surface area contributed by atoms with Gasteiger partial charge in [0.25, 0.3) is 5.91 Å². The lowest BCUT2D eigenvalue weighted by molar-refractivity contribution is -0.123. The molecule has 0 bridgehead atoms. The summed E-state index contributed by atoms with van der Waals surface area (Å²) in [5, 5.41) is 3.88. The second-order valence-corrected chi connectivity index (χ2v) is 5.53. The predicted octanol–water partition coefficient (Wildman–Crippen LogP) is 2.59. The average molecular weight is 304 g/mol. The molecule has 2 aromatic rings. The molecule has 21 heavy (non-hydrogen) atoms. The fourth-order valence-corrected chi connectivity index (χ4v) is 2.29. The van der Waals surface area contributed by atoms with E-state index < -0.39 is 0 Å². The highest BCUT2D eigenvalue weighted by molar-refractivity contribution is 7.13. The van der Waals surface area contributed by atoms with Gasteiger partial charge >= 0.3 is 0 Å². The quantitative estimate of drug-likeness (QED) is 0.659. The number of ether oxygens (including phenoxy) is 2. The number of carbonyl (C=O) groups excluding carboxylic acids is 1. The molecule has 2 rings (SSSR count). The number of aryl methyl sites for hydroxylation is 1. The minimum Gasteiger partial charge on any atom is -0.497 e. The molecule has 5 nitrogen and oxygen atoms in total. The van der Waals surface area contributed by atoms with Crippen LogP contribution in [0, 0.1) is 6.92 Å². The molecule has 1 heterocycles. The van der Waals surface area contributed by atoms with Gasteiger partial charge in [0.05, 0.1) is 13.3 Å². The van der Waals surface area contributed by atoms with Crippen LogP contribution in [-0.2, 0) is 4.79 Å². The standard InChI is InChI=1S/C15H16N2O3S/c1-11-3-8-14(21-11)9-16-17-15(18)10-20-13-6-4-12(19-2)5-7-13/h3-9H,10H2,1-2H3,(H,17,18)/b16-9+. The first-order valence-electron chi connectivity index (χ1n) is 6.32. The normalized spacial score (nSPS) is 10.6. The van der Waals surface area contributed by atoms with Crippen molar-refractivity contribution >= 4 is 23.5 Å². The summed E-state index contributed by atoms with van der Waals surface area (Å²) < 4.78 is 10.4. The number of nitrogens with zero attached hydrogens (tertiary/aromatic N) is 1. The largest absolute Gasteiger partial charge is 0.497 e. The number of benzene rings is 1. The molecular formula is C15H16N2O3S. The summed E-state index contributed by atoms with van der Waals surface area (Å²) in [6.45, 7) is 1.93. The summed E-state index contributed by atoms with van der Waals surface area (Å²) in [4.78, 5) is 13.8. The van der Waals surface area contributed by atoms with Crippen LogP contribution in [0.25, 0.3) is 0 Å². The number of amides is 1. The molecule has 0 saturated heterocycles.